The summed E-state index contributed by atoms with van der Waals surface area (Å²) >= 11 is 5.87. The van der Waals surface area contributed by atoms with Crippen LogP contribution in [-0.4, -0.2) is 18.0 Å². The molecule has 4 heteroatoms. The Hall–Kier alpha value is -1.22. The maximum Gasteiger partial charge on any atom is 0.242 e. The van der Waals surface area contributed by atoms with Crippen molar-refractivity contribution in [3.05, 3.63) is 29.3 Å². The van der Waals surface area contributed by atoms with Crippen LogP contribution in [0.15, 0.2) is 24.3 Å². The molecule has 2 atom stereocenters. The molecule has 0 spiro atoms. The molecule has 0 fully saturated rings. The van der Waals surface area contributed by atoms with Gasteiger partial charge in [-0.3, -0.25) is 4.79 Å². The number of carbonyl (C=O) groups excluding carboxylic acids is 1. The second-order valence-corrected chi connectivity index (χ2v) is 4.63. The van der Waals surface area contributed by atoms with Crippen LogP contribution in [0.2, 0.25) is 5.02 Å². The van der Waals surface area contributed by atoms with Crippen molar-refractivity contribution in [2.45, 2.75) is 39.3 Å². The third-order valence-corrected chi connectivity index (χ3v) is 2.84. The molecule has 1 amide bonds. The van der Waals surface area contributed by atoms with Crippen LogP contribution in [0.1, 0.15) is 27.2 Å². The summed E-state index contributed by atoms with van der Waals surface area (Å²) in [6.45, 7) is 5.86. The lowest BCUT2D eigenvalue weighted by atomic mass is 10.2. The van der Waals surface area contributed by atoms with Crippen molar-refractivity contribution in [2.75, 3.05) is 5.32 Å². The second-order valence-electron chi connectivity index (χ2n) is 4.19. The van der Waals surface area contributed by atoms with Crippen molar-refractivity contribution in [3.63, 3.8) is 0 Å². The molecule has 94 valence electrons. The van der Waals surface area contributed by atoms with Gasteiger partial charge in [0.2, 0.25) is 5.91 Å². The SMILES string of the molecule is CCC(C)NC(=O)C(C)Nc1cccc(Cl)c1. The van der Waals surface area contributed by atoms with Gasteiger partial charge in [0, 0.05) is 16.8 Å². The molecule has 0 saturated carbocycles. The number of carbonyl (C=O) groups is 1. The highest BCUT2D eigenvalue weighted by Gasteiger charge is 2.14. The van der Waals surface area contributed by atoms with Gasteiger partial charge in [-0.15, -0.1) is 0 Å². The topological polar surface area (TPSA) is 41.1 Å². The summed E-state index contributed by atoms with van der Waals surface area (Å²) in [5.74, 6) is -0.000625. The molecule has 0 bridgehead atoms. The molecule has 0 heterocycles. The number of halogens is 1. The number of anilines is 1. The Kier molecular flexibility index (Phi) is 5.29. The average molecular weight is 255 g/mol. The lowest BCUT2D eigenvalue weighted by molar-refractivity contribution is -0.122. The molecule has 2 N–H and O–H groups in total. The summed E-state index contributed by atoms with van der Waals surface area (Å²) in [6.07, 6.45) is 0.926. The summed E-state index contributed by atoms with van der Waals surface area (Å²) in [5, 5.41) is 6.70. The van der Waals surface area contributed by atoms with Gasteiger partial charge in [0.05, 0.1) is 0 Å². The Balaban J connectivity index is 2.54. The van der Waals surface area contributed by atoms with Crippen molar-refractivity contribution in [2.24, 2.45) is 0 Å². The number of nitrogens with one attached hydrogen (secondary N) is 2. The van der Waals surface area contributed by atoms with Crippen molar-refractivity contribution in [1.29, 1.82) is 0 Å². The highest BCUT2D eigenvalue weighted by molar-refractivity contribution is 6.30. The molecule has 1 aromatic carbocycles. The molecule has 0 saturated heterocycles. The molecule has 0 aliphatic heterocycles. The fourth-order valence-corrected chi connectivity index (χ4v) is 1.55. The number of rotatable bonds is 5. The minimum Gasteiger partial charge on any atom is -0.374 e. The average Bonchev–Trinajstić information content (AvgIpc) is 2.28. The van der Waals surface area contributed by atoms with Gasteiger partial charge in [-0.2, -0.15) is 0 Å². The molecular weight excluding hydrogens is 236 g/mol. The Morgan fingerprint density at radius 3 is 2.71 bits per heavy atom. The fraction of sp³-hybridized carbons (Fsp3) is 0.462. The Morgan fingerprint density at radius 2 is 2.12 bits per heavy atom. The number of hydrogen-bond acceptors (Lipinski definition) is 2. The number of hydrogen-bond donors (Lipinski definition) is 2. The molecule has 17 heavy (non-hydrogen) atoms. The van der Waals surface area contributed by atoms with E-state index in [0.717, 1.165) is 12.1 Å². The van der Waals surface area contributed by atoms with E-state index < -0.39 is 0 Å². The van der Waals surface area contributed by atoms with Crippen LogP contribution in [-0.2, 0) is 4.79 Å². The lowest BCUT2D eigenvalue weighted by Crippen LogP contribution is -2.41. The van der Waals surface area contributed by atoms with Crippen molar-refractivity contribution >= 4 is 23.2 Å². The van der Waals surface area contributed by atoms with Crippen LogP contribution in [0.25, 0.3) is 0 Å². The van der Waals surface area contributed by atoms with Gasteiger partial charge in [0.15, 0.2) is 0 Å². The third kappa shape index (κ3) is 4.65. The predicted molar refractivity (Wildman–Crippen MR) is 72.4 cm³/mol. The van der Waals surface area contributed by atoms with E-state index in [1.54, 1.807) is 12.1 Å². The van der Waals surface area contributed by atoms with E-state index >= 15 is 0 Å². The van der Waals surface area contributed by atoms with Gasteiger partial charge in [0.1, 0.15) is 6.04 Å². The fourth-order valence-electron chi connectivity index (χ4n) is 1.36. The minimum atomic E-state index is -0.275. The van der Waals surface area contributed by atoms with E-state index in [-0.39, 0.29) is 18.0 Å². The Morgan fingerprint density at radius 1 is 1.41 bits per heavy atom. The van der Waals surface area contributed by atoms with Crippen LogP contribution in [0, 0.1) is 0 Å². The number of benzene rings is 1. The monoisotopic (exact) mass is 254 g/mol. The van der Waals surface area contributed by atoms with Crippen molar-refractivity contribution in [3.8, 4) is 0 Å². The smallest absolute Gasteiger partial charge is 0.242 e. The van der Waals surface area contributed by atoms with Crippen LogP contribution < -0.4 is 10.6 Å². The van der Waals surface area contributed by atoms with Gasteiger partial charge < -0.3 is 10.6 Å². The van der Waals surface area contributed by atoms with Gasteiger partial charge in [-0.05, 0) is 38.5 Å². The standard InChI is InChI=1S/C13H19ClN2O/c1-4-9(2)15-13(17)10(3)16-12-7-5-6-11(14)8-12/h5-10,16H,4H2,1-3H3,(H,15,17). The first-order valence-electron chi connectivity index (χ1n) is 5.85. The summed E-state index contributed by atoms with van der Waals surface area (Å²) in [4.78, 5) is 11.8. The first-order chi connectivity index (χ1) is 8.02. The number of amides is 1. The summed E-state index contributed by atoms with van der Waals surface area (Å²) < 4.78 is 0. The lowest BCUT2D eigenvalue weighted by Gasteiger charge is -2.18. The summed E-state index contributed by atoms with van der Waals surface area (Å²) in [7, 11) is 0. The van der Waals surface area contributed by atoms with Crippen LogP contribution >= 0.6 is 11.6 Å². The van der Waals surface area contributed by atoms with Crippen molar-refractivity contribution in [1.82, 2.24) is 5.32 Å². The maximum absolute atomic E-state index is 11.8. The highest BCUT2D eigenvalue weighted by atomic mass is 35.5. The van der Waals surface area contributed by atoms with Gasteiger partial charge in [-0.25, -0.2) is 0 Å². The molecular formula is C13H19ClN2O. The van der Waals surface area contributed by atoms with Gasteiger partial charge in [-0.1, -0.05) is 24.6 Å². The zero-order valence-electron chi connectivity index (χ0n) is 10.5. The normalized spacial score (nSPS) is 13.9. The van der Waals surface area contributed by atoms with E-state index in [1.165, 1.54) is 0 Å². The molecule has 1 rings (SSSR count). The van der Waals surface area contributed by atoms with E-state index in [9.17, 15) is 4.79 Å². The minimum absolute atomic E-state index is 0.000625. The molecule has 0 aromatic heterocycles. The zero-order valence-corrected chi connectivity index (χ0v) is 11.2. The van der Waals surface area contributed by atoms with Crippen molar-refractivity contribution < 1.29 is 4.79 Å². The Bertz CT molecular complexity index is 381. The van der Waals surface area contributed by atoms with E-state index in [4.69, 9.17) is 11.6 Å². The maximum atomic E-state index is 11.8. The molecule has 0 aliphatic carbocycles. The van der Waals surface area contributed by atoms with Crippen LogP contribution in [0.5, 0.6) is 0 Å². The third-order valence-electron chi connectivity index (χ3n) is 2.60. The summed E-state index contributed by atoms with van der Waals surface area (Å²) in [6, 6.07) is 7.27. The quantitative estimate of drug-likeness (QED) is 0.848. The molecule has 2 unspecified atom stereocenters. The summed E-state index contributed by atoms with van der Waals surface area (Å²) in [5.41, 5.74) is 0.851. The van der Waals surface area contributed by atoms with Crippen LogP contribution in [0.4, 0.5) is 5.69 Å². The Labute approximate surface area is 108 Å². The van der Waals surface area contributed by atoms with Gasteiger partial charge >= 0.3 is 0 Å². The van der Waals surface area contributed by atoms with E-state index in [1.807, 2.05) is 32.9 Å². The first-order valence-corrected chi connectivity index (χ1v) is 6.23. The van der Waals surface area contributed by atoms with Crippen LogP contribution in [0.3, 0.4) is 0 Å². The van der Waals surface area contributed by atoms with Gasteiger partial charge in [0.25, 0.3) is 0 Å². The first kappa shape index (κ1) is 13.8. The van der Waals surface area contributed by atoms with E-state index in [0.29, 0.717) is 5.02 Å². The predicted octanol–water partition coefficient (Wildman–Crippen LogP) is 3.06. The largest absolute Gasteiger partial charge is 0.374 e. The zero-order chi connectivity index (χ0) is 12.8. The second kappa shape index (κ2) is 6.50. The molecule has 3 nitrogen and oxygen atoms in total. The molecule has 0 radical (unpaired) electrons. The van der Waals surface area contributed by atoms with E-state index in [2.05, 4.69) is 10.6 Å². The highest BCUT2D eigenvalue weighted by Crippen LogP contribution is 2.15. The molecule has 1 aromatic rings. The molecule has 0 aliphatic rings.